The van der Waals surface area contributed by atoms with Gasteiger partial charge in [-0.1, -0.05) is 54.4 Å². The van der Waals surface area contributed by atoms with Crippen LogP contribution in [0.2, 0.25) is 0 Å². The molecule has 0 aromatic heterocycles. The average Bonchev–Trinajstić information content (AvgIpc) is 3.03. The van der Waals surface area contributed by atoms with E-state index in [2.05, 4.69) is 6.08 Å². The second-order valence-electron chi connectivity index (χ2n) is 15.8. The van der Waals surface area contributed by atoms with Crippen LogP contribution < -0.4 is 0 Å². The first-order valence-corrected chi connectivity index (χ1v) is 18.0. The maximum Gasteiger partial charge on any atom is 0.313 e. The Morgan fingerprint density at radius 1 is 1.00 bits per heavy atom. The van der Waals surface area contributed by atoms with Crippen LogP contribution in [-0.4, -0.2) is 64.6 Å². The minimum Gasteiger partial charge on any atom is -0.469 e. The summed E-state index contributed by atoms with van der Waals surface area (Å²) in [5, 5.41) is 23.6. The fourth-order valence-electron chi connectivity index (χ4n) is 8.44. The van der Waals surface area contributed by atoms with Crippen molar-refractivity contribution in [1.29, 1.82) is 0 Å². The lowest BCUT2D eigenvalue weighted by Gasteiger charge is -2.49. The summed E-state index contributed by atoms with van der Waals surface area (Å²) >= 11 is 0. The molecular weight excluding hydrogens is 620 g/mol. The van der Waals surface area contributed by atoms with Crippen LogP contribution in [0.4, 0.5) is 0 Å². The first-order valence-electron chi connectivity index (χ1n) is 18.0. The summed E-state index contributed by atoms with van der Waals surface area (Å²) < 4.78 is 12.0. The molecule has 0 aromatic carbocycles. The highest BCUT2D eigenvalue weighted by atomic mass is 16.5. The molecule has 0 fully saturated rings. The van der Waals surface area contributed by atoms with Gasteiger partial charge in [0.15, 0.2) is 11.6 Å². The van der Waals surface area contributed by atoms with Gasteiger partial charge in [-0.15, -0.1) is 0 Å². The third kappa shape index (κ3) is 8.02. The summed E-state index contributed by atoms with van der Waals surface area (Å²) in [6.07, 6.45) is 8.15. The second-order valence-corrected chi connectivity index (χ2v) is 15.8. The van der Waals surface area contributed by atoms with E-state index in [-0.39, 0.29) is 55.1 Å². The van der Waals surface area contributed by atoms with Crippen molar-refractivity contribution >= 4 is 23.3 Å². The van der Waals surface area contributed by atoms with Crippen molar-refractivity contribution in [3.05, 3.63) is 57.7 Å². The summed E-state index contributed by atoms with van der Waals surface area (Å²) in [7, 11) is 1.29. The molecule has 0 radical (unpaired) electrons. The molecule has 8 nitrogen and oxygen atoms in total. The number of methoxy groups -OCH3 is 1. The first-order chi connectivity index (χ1) is 22.9. The maximum atomic E-state index is 14.6. The maximum absolute atomic E-state index is 14.6. The molecule has 2 aliphatic heterocycles. The predicted molar refractivity (Wildman–Crippen MR) is 189 cm³/mol. The van der Waals surface area contributed by atoms with Gasteiger partial charge in [0.25, 0.3) is 0 Å². The van der Waals surface area contributed by atoms with Crippen LogP contribution in [0.3, 0.4) is 0 Å². The van der Waals surface area contributed by atoms with Crippen molar-refractivity contribution in [3.63, 3.8) is 0 Å². The van der Waals surface area contributed by atoms with Crippen LogP contribution in [0.25, 0.3) is 0 Å². The van der Waals surface area contributed by atoms with Crippen LogP contribution in [0.5, 0.6) is 0 Å². The van der Waals surface area contributed by atoms with Gasteiger partial charge in [-0.25, -0.2) is 0 Å². The van der Waals surface area contributed by atoms with Crippen LogP contribution >= 0.6 is 0 Å². The molecule has 0 spiro atoms. The van der Waals surface area contributed by atoms with E-state index >= 15 is 0 Å². The van der Waals surface area contributed by atoms with Crippen molar-refractivity contribution in [2.24, 2.45) is 29.1 Å². The largest absolute Gasteiger partial charge is 0.469 e. The molecule has 0 saturated heterocycles. The van der Waals surface area contributed by atoms with Gasteiger partial charge in [0, 0.05) is 30.6 Å². The number of ketones is 3. The van der Waals surface area contributed by atoms with E-state index < -0.39 is 46.9 Å². The standard InChI is InChI=1S/C41H58O8/c1-23(2)29-20-33(42)26(5)12-10-11-24(3)18-34(43)32-19-28(7)30-21-37(45)40(8,47)38-16-14-27(6)36(49-38)15-13-25(4)17-31(30)41(32,22-35(29)44)39(46)48-9/h12,14,17-18,23,29,31-32,36-38,45,47H,10-11,13,15-16,19-22H2,1-9H3/b24-18+,25-17+,26-12+/t29-,31+,32-,36+,37+,38-,40+,41-/m0/s1. The van der Waals surface area contributed by atoms with E-state index in [1.807, 2.05) is 53.7 Å². The van der Waals surface area contributed by atoms with Gasteiger partial charge in [0.2, 0.25) is 0 Å². The Morgan fingerprint density at radius 3 is 2.35 bits per heavy atom. The number of rotatable bonds is 2. The topological polar surface area (TPSA) is 127 Å². The van der Waals surface area contributed by atoms with E-state index in [0.29, 0.717) is 43.3 Å². The fraction of sp³-hybridized carbons (Fsp3) is 0.659. The van der Waals surface area contributed by atoms with E-state index in [4.69, 9.17) is 9.47 Å². The van der Waals surface area contributed by atoms with E-state index in [9.17, 15) is 29.4 Å². The van der Waals surface area contributed by atoms with Crippen LogP contribution in [-0.2, 0) is 28.7 Å². The first kappa shape index (κ1) is 38.9. The molecule has 0 saturated carbocycles. The van der Waals surface area contributed by atoms with Crippen LogP contribution in [0.15, 0.2) is 57.7 Å². The number of aliphatic hydroxyl groups excluding tert-OH is 1. The number of esters is 1. The zero-order valence-corrected chi connectivity index (χ0v) is 31.1. The van der Waals surface area contributed by atoms with Crippen molar-refractivity contribution in [2.45, 2.75) is 137 Å². The molecule has 4 aliphatic rings. The zero-order valence-electron chi connectivity index (χ0n) is 31.1. The Hall–Kier alpha value is -2.94. The normalized spacial score (nSPS) is 39.0. The molecule has 8 atom stereocenters. The van der Waals surface area contributed by atoms with Gasteiger partial charge in [-0.2, -0.15) is 0 Å². The SMILES string of the molecule is COC(=O)[C@]12CC(=O)[C@H](C(C)C)CC(=O)/C(C)=C/CC/C(C)=C/C(=O)[C@@H]1CC(C)=C1C[C@@H](O)[C@@](C)(O)[C@@H]3CC=C(C)[C@@H](CC/C(C)=C/[C@H]12)O3. The minimum absolute atomic E-state index is 0.0132. The van der Waals surface area contributed by atoms with E-state index in [0.717, 1.165) is 22.3 Å². The average molecular weight is 679 g/mol. The van der Waals surface area contributed by atoms with Gasteiger partial charge in [0.05, 0.1) is 30.8 Å². The Balaban J connectivity index is 2.00. The lowest BCUT2D eigenvalue weighted by atomic mass is 9.53. The molecule has 4 rings (SSSR count). The summed E-state index contributed by atoms with van der Waals surface area (Å²) in [5.41, 5.74) is 1.73. The molecule has 270 valence electrons. The molecule has 0 aromatic rings. The predicted octanol–water partition coefficient (Wildman–Crippen LogP) is 6.89. The Bertz CT molecular complexity index is 1490. The summed E-state index contributed by atoms with van der Waals surface area (Å²) in [6, 6.07) is 0. The Kier molecular flexibility index (Phi) is 12.3. The highest BCUT2D eigenvalue weighted by Crippen LogP contribution is 2.55. The minimum atomic E-state index is -1.64. The third-order valence-corrected chi connectivity index (χ3v) is 11.9. The van der Waals surface area contributed by atoms with E-state index in [1.165, 1.54) is 7.11 Å². The second kappa shape index (κ2) is 15.5. The number of Topliss-reactive ketones (excluding diaryl/α,β-unsaturated/α-hetero) is 2. The fourth-order valence-corrected chi connectivity index (χ4v) is 8.44. The van der Waals surface area contributed by atoms with Gasteiger partial charge in [-0.05, 0) is 110 Å². The highest BCUT2D eigenvalue weighted by molar-refractivity contribution is 6.02. The van der Waals surface area contributed by atoms with Crippen molar-refractivity contribution < 1.29 is 38.9 Å². The number of ether oxygens (including phenoxy) is 2. The number of aliphatic hydroxyl groups is 2. The molecule has 0 amide bonds. The van der Waals surface area contributed by atoms with Gasteiger partial charge in [-0.3, -0.25) is 19.2 Å². The third-order valence-electron chi connectivity index (χ3n) is 11.9. The van der Waals surface area contributed by atoms with Crippen molar-refractivity contribution in [3.8, 4) is 0 Å². The smallest absolute Gasteiger partial charge is 0.313 e. The zero-order chi connectivity index (χ0) is 36.4. The summed E-state index contributed by atoms with van der Waals surface area (Å²) in [5.74, 6) is -3.81. The molecule has 8 heteroatoms. The molecule has 2 N–H and O–H groups in total. The van der Waals surface area contributed by atoms with Crippen molar-refractivity contribution in [2.75, 3.05) is 7.11 Å². The molecule has 2 heterocycles. The summed E-state index contributed by atoms with van der Waals surface area (Å²) in [6.45, 7) is 15.0. The number of fused-ring (bicyclic) bond motifs is 5. The lowest BCUT2D eigenvalue weighted by molar-refractivity contribution is -0.173. The lowest BCUT2D eigenvalue weighted by Crippen LogP contribution is -2.55. The molecular formula is C41H58O8. The number of carbonyl (C=O) groups is 4. The van der Waals surface area contributed by atoms with Gasteiger partial charge in [0.1, 0.15) is 11.4 Å². The van der Waals surface area contributed by atoms with Crippen LogP contribution in [0.1, 0.15) is 113 Å². The number of carbonyl (C=O) groups excluding carboxylic acids is 4. The van der Waals surface area contributed by atoms with Crippen LogP contribution in [0, 0.1) is 29.1 Å². The Labute approximate surface area is 292 Å². The van der Waals surface area contributed by atoms with Crippen molar-refractivity contribution in [1.82, 2.24) is 0 Å². The van der Waals surface area contributed by atoms with Gasteiger partial charge < -0.3 is 19.7 Å². The van der Waals surface area contributed by atoms with Gasteiger partial charge >= 0.3 is 5.97 Å². The Morgan fingerprint density at radius 2 is 1.69 bits per heavy atom. The van der Waals surface area contributed by atoms with E-state index in [1.54, 1.807) is 19.9 Å². The highest BCUT2D eigenvalue weighted by Gasteiger charge is 2.59. The monoisotopic (exact) mass is 678 g/mol. The number of hydrogen-bond acceptors (Lipinski definition) is 8. The molecule has 49 heavy (non-hydrogen) atoms. The number of allylic oxidation sites excluding steroid dienone is 7. The summed E-state index contributed by atoms with van der Waals surface area (Å²) in [4.78, 5) is 57.1. The molecule has 0 unspecified atom stereocenters. The quantitative estimate of drug-likeness (QED) is 0.239. The molecule has 2 aliphatic carbocycles. The molecule has 2 bridgehead atoms. The number of hydrogen-bond donors (Lipinski definition) is 2.